The first kappa shape index (κ1) is 24.8. The first-order valence-corrected chi connectivity index (χ1v) is 12.6. The van der Waals surface area contributed by atoms with E-state index in [0.29, 0.717) is 43.8 Å². The van der Waals surface area contributed by atoms with Crippen LogP contribution in [0.4, 0.5) is 5.82 Å². The first-order valence-electron chi connectivity index (χ1n) is 12.6. The van der Waals surface area contributed by atoms with E-state index in [1.54, 1.807) is 4.68 Å². The third-order valence-electron chi connectivity index (χ3n) is 6.62. The van der Waals surface area contributed by atoms with Crippen molar-refractivity contribution in [2.45, 2.75) is 40.0 Å². The van der Waals surface area contributed by atoms with Gasteiger partial charge in [-0.05, 0) is 50.2 Å². The summed E-state index contributed by atoms with van der Waals surface area (Å²) in [6.07, 6.45) is 3.86. The van der Waals surface area contributed by atoms with Crippen LogP contribution in [0.1, 0.15) is 37.7 Å². The summed E-state index contributed by atoms with van der Waals surface area (Å²) in [4.78, 5) is 2.29. The lowest BCUT2D eigenvalue weighted by Crippen LogP contribution is -2.34. The molecule has 1 aliphatic rings. The number of hydrogen-bond donors (Lipinski definition) is 3. The molecule has 11 nitrogen and oxygen atoms in total. The Labute approximate surface area is 215 Å². The molecule has 5 rings (SSSR count). The molecule has 0 fully saturated rings. The molecule has 2 bridgehead atoms. The second-order valence-electron chi connectivity index (χ2n) is 9.19. The Morgan fingerprint density at radius 3 is 2.84 bits per heavy atom. The van der Waals surface area contributed by atoms with Gasteiger partial charge in [0.15, 0.2) is 5.82 Å². The predicted octanol–water partition coefficient (Wildman–Crippen LogP) is 2.91. The van der Waals surface area contributed by atoms with Gasteiger partial charge >= 0.3 is 0 Å². The summed E-state index contributed by atoms with van der Waals surface area (Å²) in [7, 11) is 1.84. The van der Waals surface area contributed by atoms with Crippen molar-refractivity contribution >= 4 is 28.9 Å². The van der Waals surface area contributed by atoms with Crippen molar-refractivity contribution in [3.63, 3.8) is 0 Å². The van der Waals surface area contributed by atoms with Crippen LogP contribution in [0, 0.1) is 0 Å². The maximum atomic E-state index is 9.72. The SMILES string of the molecule is CCOc1nn(CCO)c2c1/C=C\c1[nH]nc3ccc(cc13)-c1c(N)nn(C)c1O[C@@H](C)CN(CC)C2. The Balaban J connectivity index is 1.71. The zero-order valence-corrected chi connectivity index (χ0v) is 21.7. The number of aryl methyl sites for hydroxylation is 1. The van der Waals surface area contributed by atoms with Crippen molar-refractivity contribution in [2.75, 3.05) is 32.0 Å². The first-order chi connectivity index (χ1) is 17.9. The van der Waals surface area contributed by atoms with Gasteiger partial charge in [-0.1, -0.05) is 13.0 Å². The van der Waals surface area contributed by atoms with E-state index in [0.717, 1.165) is 45.5 Å². The summed E-state index contributed by atoms with van der Waals surface area (Å²) in [5.41, 5.74) is 11.6. The van der Waals surface area contributed by atoms with Gasteiger partial charge in [-0.3, -0.25) is 14.7 Å². The van der Waals surface area contributed by atoms with E-state index in [9.17, 15) is 5.11 Å². The van der Waals surface area contributed by atoms with Crippen LogP contribution in [-0.4, -0.2) is 72.2 Å². The van der Waals surface area contributed by atoms with Gasteiger partial charge in [-0.15, -0.1) is 5.10 Å². The minimum atomic E-state index is -0.147. The molecule has 4 N–H and O–H groups in total. The van der Waals surface area contributed by atoms with Crippen LogP contribution >= 0.6 is 0 Å². The molecular weight excluding hydrogens is 472 g/mol. The minimum Gasteiger partial charge on any atom is -0.476 e. The molecule has 0 aliphatic carbocycles. The van der Waals surface area contributed by atoms with E-state index < -0.39 is 0 Å². The molecule has 1 aromatic carbocycles. The maximum Gasteiger partial charge on any atom is 0.240 e. The van der Waals surface area contributed by atoms with Gasteiger partial charge < -0.3 is 20.3 Å². The molecule has 4 heterocycles. The normalized spacial score (nSPS) is 17.2. The monoisotopic (exact) mass is 506 g/mol. The number of aliphatic hydroxyl groups excluding tert-OH is 1. The third kappa shape index (κ3) is 4.67. The number of nitrogens with two attached hydrogens (primary N) is 1. The second kappa shape index (κ2) is 10.3. The molecule has 0 saturated carbocycles. The van der Waals surface area contributed by atoms with Crippen LogP contribution in [0.5, 0.6) is 11.8 Å². The zero-order valence-electron chi connectivity index (χ0n) is 21.7. The quantitative estimate of drug-likeness (QED) is 0.376. The van der Waals surface area contributed by atoms with E-state index in [1.165, 1.54) is 0 Å². The van der Waals surface area contributed by atoms with Crippen molar-refractivity contribution in [3.8, 4) is 22.9 Å². The lowest BCUT2D eigenvalue weighted by atomic mass is 10.0. The molecule has 0 spiro atoms. The van der Waals surface area contributed by atoms with Crippen molar-refractivity contribution in [1.82, 2.24) is 34.7 Å². The van der Waals surface area contributed by atoms with Crippen LogP contribution in [0.3, 0.4) is 0 Å². The lowest BCUT2D eigenvalue weighted by molar-refractivity contribution is 0.133. The zero-order chi connectivity index (χ0) is 26.1. The highest BCUT2D eigenvalue weighted by molar-refractivity contribution is 5.94. The summed E-state index contributed by atoms with van der Waals surface area (Å²) >= 11 is 0. The molecular formula is C26H34N8O3. The topological polar surface area (TPSA) is 132 Å². The summed E-state index contributed by atoms with van der Waals surface area (Å²) in [6, 6.07) is 6.01. The largest absolute Gasteiger partial charge is 0.476 e. The highest BCUT2D eigenvalue weighted by Crippen LogP contribution is 2.38. The number of aromatic amines is 1. The average molecular weight is 507 g/mol. The number of likely N-dealkylation sites (N-methyl/N-ethyl adjacent to an activating group) is 1. The van der Waals surface area contributed by atoms with Crippen LogP contribution in [0.2, 0.25) is 0 Å². The molecule has 11 heteroatoms. The fraction of sp³-hybridized carbons (Fsp3) is 0.423. The Bertz CT molecular complexity index is 1430. The number of nitrogens with zero attached hydrogens (tertiary/aromatic N) is 6. The maximum absolute atomic E-state index is 9.72. The van der Waals surface area contributed by atoms with Gasteiger partial charge in [0.05, 0.1) is 47.8 Å². The van der Waals surface area contributed by atoms with Gasteiger partial charge in [0.25, 0.3) is 0 Å². The van der Waals surface area contributed by atoms with Crippen LogP contribution in [0.25, 0.3) is 34.2 Å². The summed E-state index contributed by atoms with van der Waals surface area (Å²) in [5.74, 6) is 1.59. The molecule has 4 aromatic rings. The van der Waals surface area contributed by atoms with Crippen LogP contribution < -0.4 is 15.2 Å². The number of anilines is 1. The van der Waals surface area contributed by atoms with Gasteiger partial charge in [-0.25, -0.2) is 4.68 Å². The number of hydrogen-bond acceptors (Lipinski definition) is 8. The number of H-pyrrole nitrogens is 1. The van der Waals surface area contributed by atoms with Gasteiger partial charge in [0.2, 0.25) is 11.8 Å². The molecule has 0 saturated heterocycles. The van der Waals surface area contributed by atoms with Crippen LogP contribution in [0.15, 0.2) is 18.2 Å². The smallest absolute Gasteiger partial charge is 0.240 e. The summed E-state index contributed by atoms with van der Waals surface area (Å²) < 4.78 is 15.9. The van der Waals surface area contributed by atoms with Crippen molar-refractivity contribution in [1.29, 1.82) is 0 Å². The molecule has 0 amide bonds. The van der Waals surface area contributed by atoms with Gasteiger partial charge in [0.1, 0.15) is 6.10 Å². The number of aliphatic hydroxyl groups is 1. The van der Waals surface area contributed by atoms with Gasteiger partial charge in [-0.2, -0.15) is 10.2 Å². The highest BCUT2D eigenvalue weighted by Gasteiger charge is 2.24. The van der Waals surface area contributed by atoms with E-state index in [1.807, 2.05) is 49.9 Å². The number of aromatic nitrogens is 6. The molecule has 0 radical (unpaired) electrons. The van der Waals surface area contributed by atoms with Crippen LogP contribution in [-0.2, 0) is 20.1 Å². The Morgan fingerprint density at radius 2 is 2.08 bits per heavy atom. The predicted molar refractivity (Wildman–Crippen MR) is 143 cm³/mol. The Kier molecular flexibility index (Phi) is 6.90. The van der Waals surface area contributed by atoms with Crippen molar-refractivity contribution in [3.05, 3.63) is 35.2 Å². The standard InChI is InChI=1S/C26H34N8O3/c1-5-33-14-16(3)37-26-23(24(27)30-32(26)4)17-7-9-20-19(13-17)21(29-28-20)10-8-18-22(15-33)34(11-12-35)31-25(18)36-6-2/h7-10,13,16,35H,5-6,11-12,14-15H2,1-4H3,(H2,27,30)(H,28,29)/b10-8-/t16-/m0/s1. The minimum absolute atomic E-state index is 0.0201. The molecule has 1 atom stereocenters. The van der Waals surface area contributed by atoms with E-state index >= 15 is 0 Å². The lowest BCUT2D eigenvalue weighted by Gasteiger charge is -2.25. The van der Waals surface area contributed by atoms with Gasteiger partial charge in [0, 0.05) is 25.5 Å². The number of rotatable bonds is 5. The fourth-order valence-corrected chi connectivity index (χ4v) is 4.87. The summed E-state index contributed by atoms with van der Waals surface area (Å²) in [6.45, 7) is 9.02. The Morgan fingerprint density at radius 1 is 1.24 bits per heavy atom. The number of ether oxygens (including phenoxy) is 2. The second-order valence-corrected chi connectivity index (χ2v) is 9.19. The van der Waals surface area contributed by atoms with E-state index in [-0.39, 0.29) is 12.7 Å². The van der Waals surface area contributed by atoms with Crippen molar-refractivity contribution < 1.29 is 14.6 Å². The molecule has 196 valence electrons. The third-order valence-corrected chi connectivity index (χ3v) is 6.62. The molecule has 1 aliphatic heterocycles. The van der Waals surface area contributed by atoms with Crippen molar-refractivity contribution in [2.24, 2.45) is 7.05 Å². The molecule has 3 aromatic heterocycles. The highest BCUT2D eigenvalue weighted by atomic mass is 16.5. The molecule has 0 unspecified atom stereocenters. The number of nitrogens with one attached hydrogen (secondary N) is 1. The fourth-order valence-electron chi connectivity index (χ4n) is 4.87. The molecule has 37 heavy (non-hydrogen) atoms. The van der Waals surface area contributed by atoms with E-state index in [4.69, 9.17) is 15.2 Å². The summed E-state index contributed by atoms with van der Waals surface area (Å²) in [5, 5.41) is 27.4. The average Bonchev–Trinajstić information content (AvgIpc) is 3.50. The Hall–Kier alpha value is -3.83. The number of fused-ring (bicyclic) bond motifs is 4. The number of benzene rings is 1. The number of nitrogen functional groups attached to an aromatic ring is 1. The van der Waals surface area contributed by atoms with E-state index in [2.05, 4.69) is 38.3 Å².